The second-order valence-electron chi connectivity index (χ2n) is 4.97. The molecule has 3 N–H and O–H groups in total. The van der Waals surface area contributed by atoms with Crippen molar-refractivity contribution < 1.29 is 4.79 Å². The van der Waals surface area contributed by atoms with Gasteiger partial charge in [-0.05, 0) is 25.3 Å². The van der Waals surface area contributed by atoms with Gasteiger partial charge >= 0.3 is 0 Å². The van der Waals surface area contributed by atoms with Crippen LogP contribution < -0.4 is 11.1 Å². The molecule has 0 saturated heterocycles. The van der Waals surface area contributed by atoms with Crippen molar-refractivity contribution in [1.82, 2.24) is 5.32 Å². The molecule has 1 saturated carbocycles. The Balaban J connectivity index is 0.00000162. The first-order valence-electron chi connectivity index (χ1n) is 6.27. The van der Waals surface area contributed by atoms with Crippen molar-refractivity contribution in [2.24, 2.45) is 5.73 Å². The maximum atomic E-state index is 12.1. The lowest BCUT2D eigenvalue weighted by molar-refractivity contribution is -0.126. The number of halogens is 1. The van der Waals surface area contributed by atoms with Crippen LogP contribution in [-0.2, 0) is 4.79 Å². The van der Waals surface area contributed by atoms with Crippen molar-refractivity contribution in [1.29, 1.82) is 0 Å². The first-order valence-corrected chi connectivity index (χ1v) is 6.27. The molecule has 18 heavy (non-hydrogen) atoms. The SMILES string of the molecule is C[C@@H](NC(=O)C1(N)CCCC1)c1ccccc1.Cl. The molecule has 1 aliphatic rings. The minimum atomic E-state index is -0.636. The summed E-state index contributed by atoms with van der Waals surface area (Å²) >= 11 is 0. The summed E-state index contributed by atoms with van der Waals surface area (Å²) in [5.74, 6) is -0.00801. The molecule has 0 aromatic heterocycles. The number of carbonyl (C=O) groups is 1. The molecular formula is C14H21ClN2O. The highest BCUT2D eigenvalue weighted by Crippen LogP contribution is 2.28. The molecule has 1 aromatic rings. The molecule has 0 aliphatic heterocycles. The lowest BCUT2D eigenvalue weighted by Crippen LogP contribution is -2.52. The molecule has 1 aliphatic carbocycles. The Morgan fingerprint density at radius 2 is 1.83 bits per heavy atom. The van der Waals surface area contributed by atoms with Crippen molar-refractivity contribution in [3.05, 3.63) is 35.9 Å². The summed E-state index contributed by atoms with van der Waals surface area (Å²) in [5.41, 5.74) is 6.59. The predicted molar refractivity (Wildman–Crippen MR) is 75.6 cm³/mol. The summed E-state index contributed by atoms with van der Waals surface area (Å²) in [4.78, 5) is 12.1. The molecule has 100 valence electrons. The first kappa shape index (κ1) is 15.0. The third kappa shape index (κ3) is 3.24. The highest BCUT2D eigenvalue weighted by Gasteiger charge is 2.37. The average molecular weight is 269 g/mol. The van der Waals surface area contributed by atoms with E-state index in [-0.39, 0.29) is 24.4 Å². The van der Waals surface area contributed by atoms with Crippen LogP contribution in [0.15, 0.2) is 30.3 Å². The number of carbonyl (C=O) groups excluding carboxylic acids is 1. The number of benzene rings is 1. The monoisotopic (exact) mass is 268 g/mol. The largest absolute Gasteiger partial charge is 0.348 e. The Kier molecular flexibility index (Phi) is 5.17. The average Bonchev–Trinajstić information content (AvgIpc) is 2.78. The number of nitrogens with one attached hydrogen (secondary N) is 1. The zero-order valence-corrected chi connectivity index (χ0v) is 11.5. The molecule has 1 atom stereocenters. The van der Waals surface area contributed by atoms with E-state index in [4.69, 9.17) is 5.73 Å². The minimum absolute atomic E-state index is 0. The number of hydrogen-bond acceptors (Lipinski definition) is 2. The molecule has 0 radical (unpaired) electrons. The highest BCUT2D eigenvalue weighted by molar-refractivity contribution is 5.86. The molecule has 2 rings (SSSR count). The third-order valence-corrected chi connectivity index (χ3v) is 3.60. The fraction of sp³-hybridized carbons (Fsp3) is 0.500. The van der Waals surface area contributed by atoms with Crippen molar-refractivity contribution >= 4 is 18.3 Å². The number of nitrogens with two attached hydrogens (primary N) is 1. The first-order chi connectivity index (χ1) is 8.12. The van der Waals surface area contributed by atoms with Gasteiger partial charge in [-0.1, -0.05) is 43.2 Å². The molecule has 1 aromatic carbocycles. The lowest BCUT2D eigenvalue weighted by atomic mass is 9.97. The number of hydrogen-bond donors (Lipinski definition) is 2. The van der Waals surface area contributed by atoms with Crippen LogP contribution in [0.25, 0.3) is 0 Å². The van der Waals surface area contributed by atoms with Crippen LogP contribution >= 0.6 is 12.4 Å². The van der Waals surface area contributed by atoms with Gasteiger partial charge in [-0.15, -0.1) is 12.4 Å². The van der Waals surface area contributed by atoms with E-state index in [0.29, 0.717) is 0 Å². The van der Waals surface area contributed by atoms with E-state index in [0.717, 1.165) is 31.2 Å². The second kappa shape index (κ2) is 6.21. The van der Waals surface area contributed by atoms with E-state index in [1.807, 2.05) is 37.3 Å². The van der Waals surface area contributed by atoms with Crippen molar-refractivity contribution in [3.8, 4) is 0 Å². The minimum Gasteiger partial charge on any atom is -0.348 e. The van der Waals surface area contributed by atoms with Crippen LogP contribution in [0, 0.1) is 0 Å². The van der Waals surface area contributed by atoms with Crippen LogP contribution in [0.3, 0.4) is 0 Å². The predicted octanol–water partition coefficient (Wildman–Crippen LogP) is 2.56. The molecule has 1 fully saturated rings. The van der Waals surface area contributed by atoms with E-state index in [1.54, 1.807) is 0 Å². The quantitative estimate of drug-likeness (QED) is 0.885. The molecule has 0 heterocycles. The fourth-order valence-corrected chi connectivity index (χ4v) is 2.40. The Morgan fingerprint density at radius 1 is 1.28 bits per heavy atom. The van der Waals surface area contributed by atoms with Crippen LogP contribution in [-0.4, -0.2) is 11.4 Å². The zero-order chi connectivity index (χ0) is 12.3. The van der Waals surface area contributed by atoms with Crippen molar-refractivity contribution in [2.45, 2.75) is 44.2 Å². The summed E-state index contributed by atoms with van der Waals surface area (Å²) in [7, 11) is 0. The van der Waals surface area contributed by atoms with Gasteiger partial charge in [-0.2, -0.15) is 0 Å². The van der Waals surface area contributed by atoms with Gasteiger partial charge < -0.3 is 11.1 Å². The Labute approximate surface area is 115 Å². The number of rotatable bonds is 3. The summed E-state index contributed by atoms with van der Waals surface area (Å²) < 4.78 is 0. The van der Waals surface area contributed by atoms with E-state index in [9.17, 15) is 4.79 Å². The highest BCUT2D eigenvalue weighted by atomic mass is 35.5. The van der Waals surface area contributed by atoms with Gasteiger partial charge in [0.05, 0.1) is 11.6 Å². The molecule has 1 amide bonds. The van der Waals surface area contributed by atoms with Gasteiger partial charge in [0.2, 0.25) is 5.91 Å². The fourth-order valence-electron chi connectivity index (χ4n) is 2.40. The second-order valence-corrected chi connectivity index (χ2v) is 4.97. The van der Waals surface area contributed by atoms with Crippen LogP contribution in [0.4, 0.5) is 0 Å². The standard InChI is InChI=1S/C14H20N2O.ClH/c1-11(12-7-3-2-4-8-12)16-13(17)14(15)9-5-6-10-14;/h2-4,7-8,11H,5-6,9-10,15H2,1H3,(H,16,17);1H/t11-;/m1./s1. The Bertz CT molecular complexity index is 388. The topological polar surface area (TPSA) is 55.1 Å². The van der Waals surface area contributed by atoms with E-state index in [2.05, 4.69) is 5.32 Å². The van der Waals surface area contributed by atoms with Crippen molar-refractivity contribution in [2.75, 3.05) is 0 Å². The van der Waals surface area contributed by atoms with E-state index in [1.165, 1.54) is 0 Å². The van der Waals surface area contributed by atoms with Crippen LogP contribution in [0.2, 0.25) is 0 Å². The molecule has 4 heteroatoms. The van der Waals surface area contributed by atoms with E-state index >= 15 is 0 Å². The normalized spacial score (nSPS) is 18.8. The third-order valence-electron chi connectivity index (χ3n) is 3.60. The summed E-state index contributed by atoms with van der Waals surface area (Å²) in [6, 6.07) is 9.98. The smallest absolute Gasteiger partial charge is 0.240 e. The molecule has 0 bridgehead atoms. The Morgan fingerprint density at radius 3 is 2.39 bits per heavy atom. The van der Waals surface area contributed by atoms with E-state index < -0.39 is 5.54 Å². The van der Waals surface area contributed by atoms with Gasteiger partial charge in [-0.3, -0.25) is 4.79 Å². The van der Waals surface area contributed by atoms with Gasteiger partial charge in [0.25, 0.3) is 0 Å². The lowest BCUT2D eigenvalue weighted by Gasteiger charge is -2.25. The molecule has 0 spiro atoms. The van der Waals surface area contributed by atoms with Gasteiger partial charge in [0, 0.05) is 0 Å². The van der Waals surface area contributed by atoms with Crippen LogP contribution in [0.5, 0.6) is 0 Å². The van der Waals surface area contributed by atoms with Gasteiger partial charge in [-0.25, -0.2) is 0 Å². The summed E-state index contributed by atoms with van der Waals surface area (Å²) in [5, 5.41) is 3.01. The maximum absolute atomic E-state index is 12.1. The molecular weight excluding hydrogens is 248 g/mol. The number of amides is 1. The van der Waals surface area contributed by atoms with Crippen LogP contribution in [0.1, 0.15) is 44.2 Å². The van der Waals surface area contributed by atoms with Gasteiger partial charge in [0.1, 0.15) is 0 Å². The zero-order valence-electron chi connectivity index (χ0n) is 10.7. The summed E-state index contributed by atoms with van der Waals surface area (Å²) in [6.45, 7) is 1.99. The maximum Gasteiger partial charge on any atom is 0.240 e. The molecule has 3 nitrogen and oxygen atoms in total. The summed E-state index contributed by atoms with van der Waals surface area (Å²) in [6.07, 6.45) is 3.73. The van der Waals surface area contributed by atoms with Crippen molar-refractivity contribution in [3.63, 3.8) is 0 Å². The van der Waals surface area contributed by atoms with Gasteiger partial charge in [0.15, 0.2) is 0 Å². The molecule has 0 unspecified atom stereocenters. The Hall–Kier alpha value is -1.06.